The predicted octanol–water partition coefficient (Wildman–Crippen LogP) is 2.83. The van der Waals surface area contributed by atoms with Gasteiger partial charge >= 0.3 is 0 Å². The molecule has 0 spiro atoms. The SMILES string of the molecule is O[C@@H]1COC2C1OC[C@H]2Oc1nc2nc(-c3ccc(-c4ccc(-n5cnnc5)cn4)cc3)c(Cl)cc2[nH]1. The van der Waals surface area contributed by atoms with Crippen LogP contribution in [0.2, 0.25) is 5.02 Å². The first kappa shape index (κ1) is 22.3. The lowest BCUT2D eigenvalue weighted by Crippen LogP contribution is -2.34. The molecule has 4 atom stereocenters. The van der Waals surface area contributed by atoms with Crippen molar-refractivity contribution in [1.82, 2.24) is 34.7 Å². The molecule has 2 aliphatic rings. The number of aliphatic hydroxyl groups is 1. The van der Waals surface area contributed by atoms with E-state index in [0.29, 0.717) is 34.5 Å². The Morgan fingerprint density at radius 2 is 1.76 bits per heavy atom. The van der Waals surface area contributed by atoms with Crippen LogP contribution >= 0.6 is 11.6 Å². The maximum Gasteiger partial charge on any atom is 0.296 e. The Labute approximate surface area is 215 Å². The van der Waals surface area contributed by atoms with E-state index in [-0.39, 0.29) is 24.9 Å². The fraction of sp³-hybridized carbons (Fsp3) is 0.240. The molecule has 7 rings (SSSR count). The molecule has 0 aliphatic carbocycles. The summed E-state index contributed by atoms with van der Waals surface area (Å²) in [5.74, 6) is 0. The van der Waals surface area contributed by atoms with Crippen molar-refractivity contribution in [2.45, 2.75) is 24.4 Å². The fourth-order valence-corrected chi connectivity index (χ4v) is 4.95. The van der Waals surface area contributed by atoms with E-state index in [1.807, 2.05) is 36.4 Å². The number of imidazole rings is 1. The van der Waals surface area contributed by atoms with Crippen LogP contribution < -0.4 is 4.74 Å². The average molecular weight is 518 g/mol. The molecular weight excluding hydrogens is 498 g/mol. The summed E-state index contributed by atoms with van der Waals surface area (Å²) >= 11 is 6.59. The van der Waals surface area contributed by atoms with Crippen LogP contribution in [0.25, 0.3) is 39.4 Å². The molecule has 1 aromatic carbocycles. The van der Waals surface area contributed by atoms with Crippen molar-refractivity contribution in [3.05, 3.63) is 66.3 Å². The molecular formula is C25H20ClN7O4. The van der Waals surface area contributed by atoms with E-state index in [4.69, 9.17) is 25.8 Å². The van der Waals surface area contributed by atoms with E-state index in [9.17, 15) is 5.11 Å². The summed E-state index contributed by atoms with van der Waals surface area (Å²) < 4.78 is 19.0. The Kier molecular flexibility index (Phi) is 5.36. The quantitative estimate of drug-likeness (QED) is 0.361. The number of nitrogens with one attached hydrogen (secondary N) is 1. The van der Waals surface area contributed by atoms with Crippen molar-refractivity contribution in [2.75, 3.05) is 13.2 Å². The zero-order valence-electron chi connectivity index (χ0n) is 19.2. The minimum absolute atomic E-state index is 0.235. The van der Waals surface area contributed by atoms with Gasteiger partial charge in [-0.1, -0.05) is 35.9 Å². The molecule has 12 heteroatoms. The number of aromatic amines is 1. The van der Waals surface area contributed by atoms with Gasteiger partial charge in [0.25, 0.3) is 6.01 Å². The van der Waals surface area contributed by atoms with Crippen LogP contribution in [0.3, 0.4) is 0 Å². The van der Waals surface area contributed by atoms with E-state index in [1.54, 1.807) is 29.5 Å². The van der Waals surface area contributed by atoms with Crippen molar-refractivity contribution < 1.29 is 19.3 Å². The molecule has 2 fully saturated rings. The highest BCUT2D eigenvalue weighted by molar-refractivity contribution is 6.33. The van der Waals surface area contributed by atoms with Gasteiger partial charge in [0.2, 0.25) is 0 Å². The minimum atomic E-state index is -0.640. The monoisotopic (exact) mass is 517 g/mol. The zero-order valence-corrected chi connectivity index (χ0v) is 20.0. The lowest BCUT2D eigenvalue weighted by Gasteiger charge is -2.15. The molecule has 2 unspecified atom stereocenters. The number of H-pyrrole nitrogens is 1. The molecule has 0 amide bonds. The molecule has 37 heavy (non-hydrogen) atoms. The topological polar surface area (TPSA) is 133 Å². The molecule has 4 aromatic heterocycles. The van der Waals surface area contributed by atoms with E-state index < -0.39 is 6.10 Å². The van der Waals surface area contributed by atoms with E-state index in [0.717, 1.165) is 22.5 Å². The number of nitrogens with zero attached hydrogens (tertiary/aromatic N) is 6. The first-order chi connectivity index (χ1) is 18.1. The van der Waals surface area contributed by atoms with Crippen LogP contribution in [0.1, 0.15) is 0 Å². The summed E-state index contributed by atoms with van der Waals surface area (Å²) in [5, 5.41) is 18.1. The summed E-state index contributed by atoms with van der Waals surface area (Å²) in [6.45, 7) is 0.548. The lowest BCUT2D eigenvalue weighted by molar-refractivity contribution is 0.00706. The highest BCUT2D eigenvalue weighted by Gasteiger charge is 2.48. The Bertz CT molecular complexity index is 1560. The van der Waals surface area contributed by atoms with Crippen LogP contribution in [0, 0.1) is 0 Å². The molecule has 6 heterocycles. The van der Waals surface area contributed by atoms with Gasteiger partial charge in [-0.15, -0.1) is 10.2 Å². The van der Waals surface area contributed by atoms with Gasteiger partial charge in [0.05, 0.1) is 47.0 Å². The minimum Gasteiger partial charge on any atom is -0.456 e. The van der Waals surface area contributed by atoms with Crippen molar-refractivity contribution in [3.63, 3.8) is 0 Å². The van der Waals surface area contributed by atoms with Crippen LogP contribution in [-0.4, -0.2) is 77.4 Å². The average Bonchev–Trinajstić information content (AvgIpc) is 3.71. The second-order valence-electron chi connectivity index (χ2n) is 8.90. The highest BCUT2D eigenvalue weighted by atomic mass is 35.5. The van der Waals surface area contributed by atoms with E-state index in [2.05, 4.69) is 30.1 Å². The highest BCUT2D eigenvalue weighted by Crippen LogP contribution is 2.33. The van der Waals surface area contributed by atoms with Crippen molar-refractivity contribution in [2.24, 2.45) is 0 Å². The number of rotatable bonds is 5. The summed E-state index contributed by atoms with van der Waals surface area (Å²) in [6.07, 6.45) is 3.31. The van der Waals surface area contributed by atoms with Crippen LogP contribution in [0.5, 0.6) is 6.01 Å². The van der Waals surface area contributed by atoms with Crippen LogP contribution in [-0.2, 0) is 9.47 Å². The smallest absolute Gasteiger partial charge is 0.296 e. The van der Waals surface area contributed by atoms with Gasteiger partial charge < -0.3 is 24.3 Å². The van der Waals surface area contributed by atoms with Crippen molar-refractivity contribution in [3.8, 4) is 34.2 Å². The maximum absolute atomic E-state index is 9.93. The summed E-state index contributed by atoms with van der Waals surface area (Å²) in [7, 11) is 0. The fourth-order valence-electron chi connectivity index (χ4n) is 4.68. The second kappa shape index (κ2) is 8.89. The largest absolute Gasteiger partial charge is 0.456 e. The number of ether oxygens (including phenoxy) is 3. The molecule has 5 aromatic rings. The summed E-state index contributed by atoms with van der Waals surface area (Å²) in [4.78, 5) is 16.8. The van der Waals surface area contributed by atoms with Crippen molar-refractivity contribution in [1.29, 1.82) is 0 Å². The number of benzene rings is 1. The number of pyridine rings is 2. The third kappa shape index (κ3) is 4.02. The molecule has 186 valence electrons. The third-order valence-corrected chi connectivity index (χ3v) is 6.86. The normalized spacial score (nSPS) is 23.0. The van der Waals surface area contributed by atoms with Gasteiger partial charge in [0.15, 0.2) is 11.8 Å². The van der Waals surface area contributed by atoms with Gasteiger partial charge in [0.1, 0.15) is 31.0 Å². The Morgan fingerprint density at radius 1 is 0.973 bits per heavy atom. The molecule has 2 saturated heterocycles. The van der Waals surface area contributed by atoms with Crippen LogP contribution in [0.15, 0.2) is 61.3 Å². The molecule has 2 N–H and O–H groups in total. The molecule has 0 radical (unpaired) electrons. The van der Waals surface area contributed by atoms with E-state index >= 15 is 0 Å². The maximum atomic E-state index is 9.93. The zero-order chi connectivity index (χ0) is 24.9. The van der Waals surface area contributed by atoms with Gasteiger partial charge in [0, 0.05) is 11.1 Å². The molecule has 2 aliphatic heterocycles. The number of aromatic nitrogens is 7. The standard InChI is InChI=1S/C25H20ClN7O4/c26-16-7-18-24(32-25(30-18)37-20-10-36-22-19(34)9-35-23(20)22)31-21(16)14-3-1-13(2-4-14)17-6-5-15(8-27-17)33-11-28-29-12-33/h1-8,11-12,19-20,22-23,34H,9-10H2,(H,30,31,32)/t19-,20-,22?,23?/m1/s1. The Morgan fingerprint density at radius 3 is 2.54 bits per heavy atom. The van der Waals surface area contributed by atoms with Crippen LogP contribution in [0.4, 0.5) is 0 Å². The number of hydrogen-bond acceptors (Lipinski definition) is 9. The lowest BCUT2D eigenvalue weighted by atomic mass is 10.1. The van der Waals surface area contributed by atoms with Crippen molar-refractivity contribution >= 4 is 22.8 Å². The second-order valence-corrected chi connectivity index (χ2v) is 9.31. The Balaban J connectivity index is 1.11. The Hall–Kier alpha value is -3.90. The summed E-state index contributed by atoms with van der Waals surface area (Å²) in [5.41, 5.74) is 5.27. The van der Waals surface area contributed by atoms with Gasteiger partial charge in [-0.3, -0.25) is 9.55 Å². The van der Waals surface area contributed by atoms with Gasteiger partial charge in [-0.05, 0) is 18.2 Å². The molecule has 0 bridgehead atoms. The number of fused-ring (bicyclic) bond motifs is 2. The molecule has 0 saturated carbocycles. The van der Waals surface area contributed by atoms with Gasteiger partial charge in [-0.25, -0.2) is 4.98 Å². The number of hydrogen-bond donors (Lipinski definition) is 2. The number of halogens is 1. The number of aliphatic hydroxyl groups excluding tert-OH is 1. The first-order valence-electron chi connectivity index (χ1n) is 11.7. The third-order valence-electron chi connectivity index (χ3n) is 6.57. The van der Waals surface area contributed by atoms with E-state index in [1.165, 1.54) is 0 Å². The molecule has 11 nitrogen and oxygen atoms in total. The van der Waals surface area contributed by atoms with Gasteiger partial charge in [-0.2, -0.15) is 4.98 Å². The predicted molar refractivity (Wildman–Crippen MR) is 132 cm³/mol. The first-order valence-corrected chi connectivity index (χ1v) is 12.1. The summed E-state index contributed by atoms with van der Waals surface area (Å²) in [6, 6.07) is 13.8.